The summed E-state index contributed by atoms with van der Waals surface area (Å²) >= 11 is 0. The lowest BCUT2D eigenvalue weighted by Gasteiger charge is -2.58. The first kappa shape index (κ1) is 31.7. The summed E-state index contributed by atoms with van der Waals surface area (Å²) in [7, 11) is 3.20. The van der Waals surface area contributed by atoms with Crippen molar-refractivity contribution in [2.24, 2.45) is 46.3 Å². The van der Waals surface area contributed by atoms with Crippen LogP contribution in [0.1, 0.15) is 105 Å². The third-order valence-electron chi connectivity index (χ3n) is 12.4. The molecule has 7 heteroatoms. The molecule has 3 saturated carbocycles. The van der Waals surface area contributed by atoms with Gasteiger partial charge in [0.1, 0.15) is 29.9 Å². The molecule has 0 amide bonds. The van der Waals surface area contributed by atoms with Gasteiger partial charge in [-0.1, -0.05) is 87.1 Å². The first-order valence-electron chi connectivity index (χ1n) is 16.3. The first-order valence-corrected chi connectivity index (χ1v) is 18.6. The van der Waals surface area contributed by atoms with E-state index < -0.39 is 29.9 Å². The minimum Gasteiger partial charge on any atom is -0.394 e. The summed E-state index contributed by atoms with van der Waals surface area (Å²) in [5.41, 5.74) is 1.84. The minimum atomic E-state index is -1.30. The van der Waals surface area contributed by atoms with Gasteiger partial charge in [0.25, 0.3) is 0 Å². The highest BCUT2D eigenvalue weighted by Crippen LogP contribution is 2.67. The lowest BCUT2D eigenvalue weighted by Crippen LogP contribution is -2.57. The zero-order valence-electron chi connectivity index (χ0n) is 25.5. The van der Waals surface area contributed by atoms with Gasteiger partial charge in [0.05, 0.1) is 6.61 Å². The van der Waals surface area contributed by atoms with Crippen molar-refractivity contribution in [3.63, 3.8) is 0 Å². The molecule has 0 aromatic rings. The van der Waals surface area contributed by atoms with E-state index in [0.717, 1.165) is 48.3 Å². The monoisotopic (exact) mass is 596 g/mol. The second-order valence-electron chi connectivity index (χ2n) is 15.0. The predicted molar refractivity (Wildman–Crippen MR) is 166 cm³/mol. The molecule has 1 aliphatic heterocycles. The Labute approximate surface area is 251 Å². The van der Waals surface area contributed by atoms with Crippen LogP contribution in [0.5, 0.6) is 0 Å². The maximum atomic E-state index is 10.5. The van der Waals surface area contributed by atoms with Crippen molar-refractivity contribution in [1.29, 1.82) is 0 Å². The quantitative estimate of drug-likeness (QED) is 0.177. The Kier molecular flexibility index (Phi) is 10.0. The van der Waals surface area contributed by atoms with Crippen LogP contribution in [0.2, 0.25) is 0 Å². The number of allylic oxidation sites excluding steroid dienone is 2. The van der Waals surface area contributed by atoms with E-state index in [4.69, 9.17) is 4.74 Å². The molecule has 1 heterocycles. The number of rotatable bonds is 9. The van der Waals surface area contributed by atoms with Crippen LogP contribution in [-0.4, -0.2) is 62.1 Å². The van der Waals surface area contributed by atoms with E-state index in [1.165, 1.54) is 68.6 Å². The first-order chi connectivity index (χ1) is 19.0. The second-order valence-corrected chi connectivity index (χ2v) is 17.7. The van der Waals surface area contributed by atoms with Crippen LogP contribution < -0.4 is 0 Å². The molecule has 4 fully saturated rings. The van der Waals surface area contributed by atoms with Crippen LogP contribution in [-0.2, 0) is 4.74 Å². The Morgan fingerprint density at radius 1 is 0.925 bits per heavy atom. The maximum absolute atomic E-state index is 10.5. The number of aliphatic hydroxyl groups excluding tert-OH is 4. The van der Waals surface area contributed by atoms with E-state index in [-0.39, 0.29) is 6.61 Å². The molecular formula is C33H56O5S2. The van der Waals surface area contributed by atoms with Gasteiger partial charge in [-0.05, 0) is 97.7 Å². The van der Waals surface area contributed by atoms with Crippen molar-refractivity contribution in [3.05, 3.63) is 11.6 Å². The van der Waals surface area contributed by atoms with Crippen molar-refractivity contribution in [3.8, 4) is 0 Å². The Morgan fingerprint density at radius 3 is 2.42 bits per heavy atom. The molecule has 4 aliphatic carbocycles. The van der Waals surface area contributed by atoms with Gasteiger partial charge in [-0.15, -0.1) is 0 Å². The lowest BCUT2D eigenvalue weighted by atomic mass is 9.47. The Hall–Kier alpha value is 0.240. The number of ether oxygens (including phenoxy) is 1. The summed E-state index contributed by atoms with van der Waals surface area (Å²) < 4.78 is 5.74. The molecule has 4 N–H and O–H groups in total. The number of hydrogen-bond donors (Lipinski definition) is 4. The Morgan fingerprint density at radius 2 is 1.70 bits per heavy atom. The summed E-state index contributed by atoms with van der Waals surface area (Å²) in [6, 6.07) is 0. The normalized spacial score (nSPS) is 47.8. The summed E-state index contributed by atoms with van der Waals surface area (Å²) in [6.45, 7) is 12.2. The highest BCUT2D eigenvalue weighted by molar-refractivity contribution is 8.77. The zero-order valence-corrected chi connectivity index (χ0v) is 27.1. The Balaban J connectivity index is 1.20. The van der Waals surface area contributed by atoms with Crippen molar-refractivity contribution < 1.29 is 25.2 Å². The molecular weight excluding hydrogens is 540 g/mol. The molecule has 5 aliphatic rings. The minimum absolute atomic E-state index is 0.316. The third kappa shape index (κ3) is 5.85. The highest BCUT2D eigenvalue weighted by Gasteiger charge is 2.59. The van der Waals surface area contributed by atoms with E-state index in [0.29, 0.717) is 16.1 Å². The molecule has 13 atom stereocenters. The molecule has 0 aromatic carbocycles. The van der Waals surface area contributed by atoms with E-state index in [1.54, 1.807) is 16.4 Å². The molecule has 6 unspecified atom stereocenters. The van der Waals surface area contributed by atoms with Crippen molar-refractivity contribution in [1.82, 2.24) is 0 Å². The summed E-state index contributed by atoms with van der Waals surface area (Å²) in [4.78, 5) is 0. The standard InChI is InChI=1S/C33H56O5S2/c1-19(2)7-6-8-20(3)24-11-12-25-23-10-9-21-17-22(13-15-32(21,4)26(23)14-16-33(24,25)5)39-40-31-30(37)29(36)28(35)27(18-34)38-31/h9,19-20,22-31,34-37H,6-8,10-18H2,1-5H3/t20-,22+,23?,24?,25?,26?,27?,28+,29-,30+,31?,32+,33-/m0/s1. The van der Waals surface area contributed by atoms with Crippen LogP contribution in [0.3, 0.4) is 0 Å². The van der Waals surface area contributed by atoms with Crippen LogP contribution in [0, 0.1) is 46.3 Å². The summed E-state index contributed by atoms with van der Waals surface area (Å²) in [5, 5.41) is 40.7. The molecule has 1 saturated heterocycles. The highest BCUT2D eigenvalue weighted by atomic mass is 33.1. The smallest absolute Gasteiger partial charge is 0.142 e. The molecule has 0 bridgehead atoms. The van der Waals surface area contributed by atoms with Crippen LogP contribution >= 0.6 is 21.6 Å². The van der Waals surface area contributed by atoms with Crippen molar-refractivity contribution in [2.45, 2.75) is 140 Å². The predicted octanol–water partition coefficient (Wildman–Crippen LogP) is 6.58. The van der Waals surface area contributed by atoms with Gasteiger partial charge in [0.2, 0.25) is 0 Å². The van der Waals surface area contributed by atoms with E-state index in [9.17, 15) is 20.4 Å². The van der Waals surface area contributed by atoms with Gasteiger partial charge in [0, 0.05) is 5.25 Å². The number of aliphatic hydroxyl groups is 4. The fourth-order valence-electron chi connectivity index (χ4n) is 10.0. The number of fused-ring (bicyclic) bond motifs is 5. The van der Waals surface area contributed by atoms with Gasteiger partial charge in [-0.2, -0.15) is 0 Å². The molecule has 0 aromatic heterocycles. The van der Waals surface area contributed by atoms with Gasteiger partial charge < -0.3 is 25.2 Å². The lowest BCUT2D eigenvalue weighted by molar-refractivity contribution is -0.205. The largest absolute Gasteiger partial charge is 0.394 e. The number of hydrogen-bond acceptors (Lipinski definition) is 7. The van der Waals surface area contributed by atoms with Crippen LogP contribution in [0.15, 0.2) is 11.6 Å². The van der Waals surface area contributed by atoms with Crippen LogP contribution in [0.25, 0.3) is 0 Å². The summed E-state index contributed by atoms with van der Waals surface area (Å²) in [6.07, 6.45) is 12.6. The van der Waals surface area contributed by atoms with Crippen molar-refractivity contribution in [2.75, 3.05) is 6.61 Å². The van der Waals surface area contributed by atoms with E-state index in [1.807, 2.05) is 0 Å². The SMILES string of the molecule is CC(C)CCC[C@H](C)C1CCC2C3CC=C4C[C@H](SSC5OC(CO)[C@@H](O)[C@H](O)[C@H]5O)CC[C@@]4(C)C3CC[C@]21C. The summed E-state index contributed by atoms with van der Waals surface area (Å²) in [5.74, 6) is 5.10. The fraction of sp³-hybridized carbons (Fsp3) is 0.939. The van der Waals surface area contributed by atoms with Gasteiger partial charge in [-0.25, -0.2) is 0 Å². The Bertz CT molecular complexity index is 896. The maximum Gasteiger partial charge on any atom is 0.142 e. The molecule has 230 valence electrons. The van der Waals surface area contributed by atoms with Crippen molar-refractivity contribution >= 4 is 21.6 Å². The van der Waals surface area contributed by atoms with Crippen LogP contribution in [0.4, 0.5) is 0 Å². The molecule has 5 nitrogen and oxygen atoms in total. The average Bonchev–Trinajstić information content (AvgIpc) is 3.28. The zero-order chi connectivity index (χ0) is 28.8. The molecule has 5 rings (SSSR count). The van der Waals surface area contributed by atoms with Gasteiger partial charge >= 0.3 is 0 Å². The average molecular weight is 597 g/mol. The van der Waals surface area contributed by atoms with Gasteiger partial charge in [0.15, 0.2) is 0 Å². The topological polar surface area (TPSA) is 90.2 Å². The van der Waals surface area contributed by atoms with E-state index >= 15 is 0 Å². The second kappa shape index (κ2) is 12.7. The third-order valence-corrected chi connectivity index (χ3v) is 15.5. The molecule has 40 heavy (non-hydrogen) atoms. The molecule has 0 radical (unpaired) electrons. The molecule has 0 spiro atoms. The fourth-order valence-corrected chi connectivity index (χ4v) is 13.0. The van der Waals surface area contributed by atoms with Gasteiger partial charge in [-0.3, -0.25) is 0 Å². The van der Waals surface area contributed by atoms with E-state index in [2.05, 4.69) is 40.7 Å².